The predicted octanol–water partition coefficient (Wildman–Crippen LogP) is 4.69. The van der Waals surface area contributed by atoms with Crippen LogP contribution in [0.5, 0.6) is 0 Å². The summed E-state index contributed by atoms with van der Waals surface area (Å²) in [5.41, 5.74) is 4.48. The molecule has 4 heterocycles. The summed E-state index contributed by atoms with van der Waals surface area (Å²) >= 11 is 0. The second kappa shape index (κ2) is 9.82. The Kier molecular flexibility index (Phi) is 6.50. The van der Waals surface area contributed by atoms with Crippen molar-refractivity contribution in [1.29, 1.82) is 5.41 Å². The van der Waals surface area contributed by atoms with Crippen LogP contribution in [-0.4, -0.2) is 37.6 Å². The molecule has 0 fully saturated rings. The van der Waals surface area contributed by atoms with Crippen molar-refractivity contribution in [3.05, 3.63) is 77.9 Å². The quantitative estimate of drug-likeness (QED) is 0.397. The first-order chi connectivity index (χ1) is 15.6. The maximum Gasteiger partial charge on any atom is 0.154 e. The minimum absolute atomic E-state index is 0.282. The molecule has 0 bridgehead atoms. The van der Waals surface area contributed by atoms with Crippen molar-refractivity contribution in [2.75, 3.05) is 5.32 Å². The second-order valence-corrected chi connectivity index (χ2v) is 7.70. The second-order valence-electron chi connectivity index (χ2n) is 7.70. The van der Waals surface area contributed by atoms with Crippen LogP contribution in [0.15, 0.2) is 66.2 Å². The summed E-state index contributed by atoms with van der Waals surface area (Å²) < 4.78 is 0. The van der Waals surface area contributed by atoms with E-state index in [9.17, 15) is 0 Å². The van der Waals surface area contributed by atoms with E-state index in [2.05, 4.69) is 49.3 Å². The van der Waals surface area contributed by atoms with Crippen molar-refractivity contribution in [3.63, 3.8) is 0 Å². The van der Waals surface area contributed by atoms with Gasteiger partial charge < -0.3 is 10.7 Å². The molecule has 8 nitrogen and oxygen atoms in total. The van der Waals surface area contributed by atoms with Crippen LogP contribution in [0.2, 0.25) is 0 Å². The third kappa shape index (κ3) is 5.15. The van der Waals surface area contributed by atoms with Crippen LogP contribution >= 0.6 is 0 Å². The Hall–Kier alpha value is -4.07. The average molecular weight is 425 g/mol. The largest absolute Gasteiger partial charge is 0.323 e. The predicted molar refractivity (Wildman–Crippen MR) is 127 cm³/mol. The van der Waals surface area contributed by atoms with E-state index in [1.807, 2.05) is 36.4 Å². The Morgan fingerprint density at radius 1 is 1.03 bits per heavy atom. The lowest BCUT2D eigenvalue weighted by Crippen LogP contribution is -2.04. The average Bonchev–Trinajstić information content (AvgIpc) is 2.82. The lowest BCUT2D eigenvalue weighted by Gasteiger charge is -2.10. The lowest BCUT2D eigenvalue weighted by molar-refractivity contribution is 0.843. The number of rotatable bonds is 8. The monoisotopic (exact) mass is 424 g/mol. The molecule has 0 saturated heterocycles. The molecule has 4 aromatic rings. The molecule has 4 rings (SSSR count). The summed E-state index contributed by atoms with van der Waals surface area (Å²) in [5, 5.41) is 19.3. The highest BCUT2D eigenvalue weighted by Gasteiger charge is 2.10. The minimum Gasteiger partial charge on any atom is -0.323 e. The van der Waals surface area contributed by atoms with Crippen molar-refractivity contribution < 1.29 is 0 Å². The molecule has 0 aliphatic heterocycles. The van der Waals surface area contributed by atoms with Gasteiger partial charge in [-0.2, -0.15) is 5.10 Å². The van der Waals surface area contributed by atoms with Gasteiger partial charge in [-0.3, -0.25) is 15.0 Å². The Morgan fingerprint density at radius 2 is 1.94 bits per heavy atom. The topological polar surface area (TPSA) is 113 Å². The standard InChI is InChI=1S/C24H24N8/c1-16(2)18-9-24(32-29-15-18)31-23-6-5-21-22(30-23)8-19(14-28-21)20(10-25)13-27-12-17-4-3-7-26-11-17/h3-11,13-16,20,25H,12H2,1-2H3,(H,30,31,32). The van der Waals surface area contributed by atoms with Gasteiger partial charge in [0.15, 0.2) is 5.82 Å². The highest BCUT2D eigenvalue weighted by atomic mass is 15.2. The Morgan fingerprint density at radius 3 is 2.72 bits per heavy atom. The van der Waals surface area contributed by atoms with Crippen LogP contribution in [-0.2, 0) is 6.54 Å². The summed E-state index contributed by atoms with van der Waals surface area (Å²) in [6.07, 6.45) is 10.2. The highest BCUT2D eigenvalue weighted by molar-refractivity contribution is 5.90. The zero-order valence-electron chi connectivity index (χ0n) is 18.0. The third-order valence-electron chi connectivity index (χ3n) is 4.98. The van der Waals surface area contributed by atoms with Gasteiger partial charge in [-0.15, -0.1) is 5.10 Å². The van der Waals surface area contributed by atoms with Gasteiger partial charge in [0.05, 0.1) is 29.7 Å². The third-order valence-corrected chi connectivity index (χ3v) is 4.98. The van der Waals surface area contributed by atoms with Crippen LogP contribution in [0.4, 0.5) is 11.6 Å². The molecule has 0 aliphatic carbocycles. The van der Waals surface area contributed by atoms with E-state index >= 15 is 0 Å². The SMILES string of the molecule is CC(C)c1cnnc(Nc2ccc3ncc(C(C=N)C=NCc4cccnc4)cc3n2)c1. The molecular weight excluding hydrogens is 400 g/mol. The van der Waals surface area contributed by atoms with Crippen LogP contribution < -0.4 is 5.32 Å². The number of hydrogen-bond acceptors (Lipinski definition) is 8. The fraction of sp³-hybridized carbons (Fsp3) is 0.208. The van der Waals surface area contributed by atoms with Crippen LogP contribution in [0.25, 0.3) is 11.0 Å². The zero-order valence-corrected chi connectivity index (χ0v) is 18.0. The normalized spacial score (nSPS) is 12.3. The van der Waals surface area contributed by atoms with E-state index in [-0.39, 0.29) is 5.92 Å². The van der Waals surface area contributed by atoms with Gasteiger partial charge >= 0.3 is 0 Å². The smallest absolute Gasteiger partial charge is 0.154 e. The highest BCUT2D eigenvalue weighted by Crippen LogP contribution is 2.21. The molecule has 0 aliphatic rings. The lowest BCUT2D eigenvalue weighted by atomic mass is 10.0. The number of anilines is 2. The molecule has 0 radical (unpaired) electrons. The summed E-state index contributed by atoms with van der Waals surface area (Å²) in [5.74, 6) is 1.38. The number of fused-ring (bicyclic) bond motifs is 1. The zero-order chi connectivity index (χ0) is 22.3. The summed E-state index contributed by atoms with van der Waals surface area (Å²) in [7, 11) is 0. The van der Waals surface area contributed by atoms with E-state index in [1.165, 1.54) is 6.21 Å². The number of aliphatic imine (C=N–C) groups is 1. The van der Waals surface area contributed by atoms with Crippen LogP contribution in [0.1, 0.15) is 42.4 Å². The first-order valence-corrected chi connectivity index (χ1v) is 10.4. The molecule has 2 N–H and O–H groups in total. The van der Waals surface area contributed by atoms with Gasteiger partial charge in [-0.1, -0.05) is 19.9 Å². The van der Waals surface area contributed by atoms with Gasteiger partial charge in [0, 0.05) is 31.0 Å². The van der Waals surface area contributed by atoms with Crippen molar-refractivity contribution in [2.24, 2.45) is 4.99 Å². The summed E-state index contributed by atoms with van der Waals surface area (Å²) in [6, 6.07) is 11.5. The van der Waals surface area contributed by atoms with Gasteiger partial charge in [0.2, 0.25) is 0 Å². The molecular formula is C24H24N8. The molecule has 4 aromatic heterocycles. The van der Waals surface area contributed by atoms with E-state index < -0.39 is 0 Å². The first-order valence-electron chi connectivity index (χ1n) is 10.4. The van der Waals surface area contributed by atoms with Gasteiger partial charge in [0.1, 0.15) is 5.82 Å². The van der Waals surface area contributed by atoms with Crippen molar-refractivity contribution in [1.82, 2.24) is 25.1 Å². The van der Waals surface area contributed by atoms with Crippen molar-refractivity contribution >= 4 is 35.1 Å². The molecule has 0 spiro atoms. The number of pyridine rings is 3. The van der Waals surface area contributed by atoms with Crippen molar-refractivity contribution in [3.8, 4) is 0 Å². The van der Waals surface area contributed by atoms with E-state index in [0.717, 1.165) is 27.7 Å². The van der Waals surface area contributed by atoms with Crippen molar-refractivity contribution in [2.45, 2.75) is 32.2 Å². The molecule has 160 valence electrons. The van der Waals surface area contributed by atoms with Crippen LogP contribution in [0.3, 0.4) is 0 Å². The molecule has 32 heavy (non-hydrogen) atoms. The number of nitrogens with zero attached hydrogens (tertiary/aromatic N) is 6. The molecule has 0 saturated carbocycles. The fourth-order valence-electron chi connectivity index (χ4n) is 3.15. The minimum atomic E-state index is -0.282. The summed E-state index contributed by atoms with van der Waals surface area (Å²) in [6.45, 7) is 4.74. The van der Waals surface area contributed by atoms with Gasteiger partial charge in [-0.05, 0) is 52.9 Å². The molecule has 1 unspecified atom stereocenters. The summed E-state index contributed by atoms with van der Waals surface area (Å²) in [4.78, 5) is 17.8. The van der Waals surface area contributed by atoms with E-state index in [1.54, 1.807) is 31.0 Å². The Labute approximate surface area is 186 Å². The maximum absolute atomic E-state index is 7.83. The maximum atomic E-state index is 7.83. The van der Waals surface area contributed by atoms with E-state index in [4.69, 9.17) is 5.41 Å². The Balaban J connectivity index is 1.54. The molecule has 8 heteroatoms. The number of aromatic nitrogens is 5. The number of hydrogen-bond donors (Lipinski definition) is 2. The fourth-order valence-corrected chi connectivity index (χ4v) is 3.15. The molecule has 0 aromatic carbocycles. The Bertz CT molecular complexity index is 1240. The van der Waals surface area contributed by atoms with E-state index in [0.29, 0.717) is 24.1 Å². The van der Waals surface area contributed by atoms with Crippen LogP contribution in [0, 0.1) is 5.41 Å². The molecule has 0 amide bonds. The number of nitrogens with one attached hydrogen (secondary N) is 2. The van der Waals surface area contributed by atoms with Gasteiger partial charge in [0.25, 0.3) is 0 Å². The van der Waals surface area contributed by atoms with Gasteiger partial charge in [-0.25, -0.2) is 4.98 Å². The first kappa shape index (κ1) is 21.2. The molecule has 1 atom stereocenters.